The van der Waals surface area contributed by atoms with Gasteiger partial charge in [-0.05, 0) is 30.5 Å². The minimum Gasteiger partial charge on any atom is -0.454 e. The number of hydrogen-bond donors (Lipinski definition) is 1. The zero-order valence-electron chi connectivity index (χ0n) is 13.5. The molecule has 1 aliphatic rings. The van der Waals surface area contributed by atoms with E-state index in [0.29, 0.717) is 6.42 Å². The largest absolute Gasteiger partial charge is 0.454 e. The lowest BCUT2D eigenvalue weighted by Crippen LogP contribution is -2.39. The van der Waals surface area contributed by atoms with Gasteiger partial charge in [0.05, 0.1) is 0 Å². The average Bonchev–Trinajstić information content (AvgIpc) is 3.29. The molecule has 1 atom stereocenters. The molecule has 6 nitrogen and oxygen atoms in total. The quantitative estimate of drug-likeness (QED) is 0.796. The van der Waals surface area contributed by atoms with Gasteiger partial charge in [-0.25, -0.2) is 14.2 Å². The number of thiazole rings is 1. The van der Waals surface area contributed by atoms with Crippen LogP contribution in [0.5, 0.6) is 0 Å². The third-order valence-corrected chi connectivity index (χ3v) is 4.75. The molecule has 2 aromatic rings. The highest BCUT2D eigenvalue weighted by Gasteiger charge is 2.33. The van der Waals surface area contributed by atoms with E-state index in [1.807, 2.05) is 10.3 Å². The molecule has 0 bridgehead atoms. The molecule has 1 saturated heterocycles. The van der Waals surface area contributed by atoms with Crippen molar-refractivity contribution in [1.82, 2.24) is 10.3 Å². The molecule has 3 rings (SSSR count). The van der Waals surface area contributed by atoms with Crippen molar-refractivity contribution in [1.29, 1.82) is 0 Å². The van der Waals surface area contributed by atoms with Gasteiger partial charge in [0.25, 0.3) is 5.91 Å². The van der Waals surface area contributed by atoms with E-state index in [1.165, 1.54) is 23.5 Å². The fourth-order valence-electron chi connectivity index (χ4n) is 2.69. The van der Waals surface area contributed by atoms with E-state index in [1.54, 1.807) is 18.3 Å². The van der Waals surface area contributed by atoms with Gasteiger partial charge in [-0.3, -0.25) is 4.79 Å². The fraction of sp³-hybridized carbons (Fsp3) is 0.353. The van der Waals surface area contributed by atoms with E-state index in [-0.39, 0.29) is 19.0 Å². The van der Waals surface area contributed by atoms with Crippen molar-refractivity contribution < 1.29 is 18.7 Å². The minimum absolute atomic E-state index is 0.255. The van der Waals surface area contributed by atoms with E-state index < -0.39 is 17.9 Å². The summed E-state index contributed by atoms with van der Waals surface area (Å²) in [5, 5.41) is 5.29. The maximum Gasteiger partial charge on any atom is 0.329 e. The maximum absolute atomic E-state index is 12.8. The van der Waals surface area contributed by atoms with Gasteiger partial charge in [-0.1, -0.05) is 12.1 Å². The molecule has 1 N–H and O–H groups in total. The Bertz CT molecular complexity index is 721. The Kier molecular flexibility index (Phi) is 5.60. The molecular formula is C17H18FN3O3S. The first-order valence-corrected chi connectivity index (χ1v) is 8.85. The second-order valence-corrected chi connectivity index (χ2v) is 6.55. The Labute approximate surface area is 148 Å². The Morgan fingerprint density at radius 1 is 1.36 bits per heavy atom. The second-order valence-electron chi connectivity index (χ2n) is 5.68. The molecule has 1 aliphatic heterocycles. The van der Waals surface area contributed by atoms with Gasteiger partial charge in [-0.15, -0.1) is 11.3 Å². The molecule has 1 amide bonds. The van der Waals surface area contributed by atoms with Crippen molar-refractivity contribution in [2.75, 3.05) is 18.1 Å². The second kappa shape index (κ2) is 8.06. The summed E-state index contributed by atoms with van der Waals surface area (Å²) in [5.41, 5.74) is 0.770. The topological polar surface area (TPSA) is 71.5 Å². The van der Waals surface area contributed by atoms with Gasteiger partial charge in [0.15, 0.2) is 11.7 Å². The van der Waals surface area contributed by atoms with Crippen LogP contribution in [0.2, 0.25) is 0 Å². The van der Waals surface area contributed by atoms with Crippen LogP contribution in [0.15, 0.2) is 35.8 Å². The number of ether oxygens (including phenoxy) is 1. The van der Waals surface area contributed by atoms with Crippen LogP contribution in [0.4, 0.5) is 9.52 Å². The van der Waals surface area contributed by atoms with E-state index in [4.69, 9.17) is 4.74 Å². The Hall–Kier alpha value is -2.48. The lowest BCUT2D eigenvalue weighted by Gasteiger charge is -2.22. The normalized spacial score (nSPS) is 16.7. The van der Waals surface area contributed by atoms with E-state index in [9.17, 15) is 14.0 Å². The lowest BCUT2D eigenvalue weighted by atomic mass is 10.2. The van der Waals surface area contributed by atoms with Crippen molar-refractivity contribution in [3.63, 3.8) is 0 Å². The Morgan fingerprint density at radius 2 is 2.16 bits per heavy atom. The molecule has 0 radical (unpaired) electrons. The van der Waals surface area contributed by atoms with E-state index in [0.717, 1.165) is 23.7 Å². The fourth-order valence-corrected chi connectivity index (χ4v) is 3.40. The lowest BCUT2D eigenvalue weighted by molar-refractivity contribution is -0.149. The van der Waals surface area contributed by atoms with Crippen LogP contribution in [0.1, 0.15) is 18.4 Å². The highest BCUT2D eigenvalue weighted by Crippen LogP contribution is 2.27. The summed E-state index contributed by atoms with van der Waals surface area (Å²) in [6, 6.07) is 5.44. The van der Waals surface area contributed by atoms with Gasteiger partial charge in [0, 0.05) is 24.7 Å². The van der Waals surface area contributed by atoms with Gasteiger partial charge in [0.1, 0.15) is 11.9 Å². The molecule has 0 saturated carbocycles. The van der Waals surface area contributed by atoms with Crippen LogP contribution < -0.4 is 10.2 Å². The first-order chi connectivity index (χ1) is 12.1. The maximum atomic E-state index is 12.8. The highest BCUT2D eigenvalue weighted by molar-refractivity contribution is 7.13. The first kappa shape index (κ1) is 17.3. The number of anilines is 1. The molecule has 25 heavy (non-hydrogen) atoms. The predicted molar refractivity (Wildman–Crippen MR) is 91.7 cm³/mol. The van der Waals surface area contributed by atoms with Crippen LogP contribution >= 0.6 is 11.3 Å². The number of hydrogen-bond acceptors (Lipinski definition) is 6. The van der Waals surface area contributed by atoms with Gasteiger partial charge >= 0.3 is 5.97 Å². The molecule has 8 heteroatoms. The number of nitrogens with one attached hydrogen (secondary N) is 1. The monoisotopic (exact) mass is 363 g/mol. The van der Waals surface area contributed by atoms with E-state index in [2.05, 4.69) is 10.3 Å². The summed E-state index contributed by atoms with van der Waals surface area (Å²) in [6.07, 6.45) is 3.27. The molecule has 0 spiro atoms. The average molecular weight is 363 g/mol. The van der Waals surface area contributed by atoms with E-state index >= 15 is 0 Å². The number of aromatic nitrogens is 1. The zero-order chi connectivity index (χ0) is 17.6. The number of carbonyl (C=O) groups excluding carboxylic acids is 2. The highest BCUT2D eigenvalue weighted by atomic mass is 32.1. The molecule has 0 aliphatic carbocycles. The number of amides is 1. The van der Waals surface area contributed by atoms with Crippen LogP contribution in [-0.4, -0.2) is 36.1 Å². The Morgan fingerprint density at radius 3 is 2.88 bits per heavy atom. The van der Waals surface area contributed by atoms with Crippen LogP contribution in [0.3, 0.4) is 0 Å². The summed E-state index contributed by atoms with van der Waals surface area (Å²) in [6.45, 7) is 0.678. The van der Waals surface area contributed by atoms with Crippen molar-refractivity contribution >= 4 is 28.3 Å². The Balaban J connectivity index is 1.45. The third-order valence-electron chi connectivity index (χ3n) is 3.94. The number of rotatable bonds is 6. The summed E-state index contributed by atoms with van der Waals surface area (Å²) in [7, 11) is 0. The number of benzene rings is 1. The molecule has 2 heterocycles. The summed E-state index contributed by atoms with van der Waals surface area (Å²) < 4.78 is 18.0. The van der Waals surface area contributed by atoms with Crippen LogP contribution in [0, 0.1) is 5.82 Å². The molecule has 1 aromatic heterocycles. The number of carbonyl (C=O) groups is 2. The molecule has 1 fully saturated rings. The summed E-state index contributed by atoms with van der Waals surface area (Å²) in [4.78, 5) is 30.2. The standard InChI is InChI=1S/C17H18FN3O3S/c18-13-5-3-12(4-6-13)10-20-15(22)11-24-16(23)14-2-1-8-21(14)17-19-7-9-25-17/h3-7,9,14H,1-2,8,10-11H2,(H,20,22). The minimum atomic E-state index is -0.412. The van der Waals surface area contributed by atoms with Gasteiger partial charge < -0.3 is 15.0 Å². The van der Waals surface area contributed by atoms with Crippen LogP contribution in [0.25, 0.3) is 0 Å². The van der Waals surface area contributed by atoms with Gasteiger partial charge in [0.2, 0.25) is 0 Å². The van der Waals surface area contributed by atoms with Gasteiger partial charge in [-0.2, -0.15) is 0 Å². The predicted octanol–water partition coefficient (Wildman–Crippen LogP) is 2.11. The SMILES string of the molecule is O=C(COC(=O)C1CCCN1c1nccs1)NCc1ccc(F)cc1. The van der Waals surface area contributed by atoms with Crippen molar-refractivity contribution in [2.24, 2.45) is 0 Å². The first-order valence-electron chi connectivity index (χ1n) is 7.97. The van der Waals surface area contributed by atoms with Crippen LogP contribution in [-0.2, 0) is 20.9 Å². The number of halogens is 1. The summed E-state index contributed by atoms with van der Waals surface area (Å²) in [5.74, 6) is -1.13. The molecule has 1 aromatic carbocycles. The number of nitrogens with zero attached hydrogens (tertiary/aromatic N) is 2. The molecule has 132 valence electrons. The summed E-state index contributed by atoms with van der Waals surface area (Å²) >= 11 is 1.47. The van der Waals surface area contributed by atoms with Crippen molar-refractivity contribution in [2.45, 2.75) is 25.4 Å². The number of esters is 1. The third kappa shape index (κ3) is 4.54. The molecule has 1 unspecified atom stereocenters. The van der Waals surface area contributed by atoms with Crippen molar-refractivity contribution in [3.05, 3.63) is 47.2 Å². The smallest absolute Gasteiger partial charge is 0.329 e. The van der Waals surface area contributed by atoms with Crippen molar-refractivity contribution in [3.8, 4) is 0 Å². The zero-order valence-corrected chi connectivity index (χ0v) is 14.3. The molecular weight excluding hydrogens is 345 g/mol.